The molecule has 4 nitrogen and oxygen atoms in total. The standard InChI is InChI=1S/C21H20F4N2O2/c22-18-8-6-14(7-9-18)12-26-19(28)16-4-2-10-27(13-16)20(29)15-3-1-5-17(11-15)21(23,24)25/h1,3,5-9,11,16H,2,4,10,12-13H2,(H,26,28)/t16-/m0/s1. The lowest BCUT2D eigenvalue weighted by atomic mass is 9.96. The first-order valence-electron chi connectivity index (χ1n) is 9.23. The van der Waals surface area contributed by atoms with Gasteiger partial charge in [0.2, 0.25) is 5.91 Å². The van der Waals surface area contributed by atoms with Crippen LogP contribution < -0.4 is 5.32 Å². The lowest BCUT2D eigenvalue weighted by Crippen LogP contribution is -2.45. The van der Waals surface area contributed by atoms with Crippen LogP contribution in [0.25, 0.3) is 0 Å². The number of alkyl halides is 3. The number of hydrogen-bond acceptors (Lipinski definition) is 2. The fraction of sp³-hybridized carbons (Fsp3) is 0.333. The number of nitrogens with zero attached hydrogens (tertiary/aromatic N) is 1. The molecule has 1 N–H and O–H groups in total. The summed E-state index contributed by atoms with van der Waals surface area (Å²) in [4.78, 5) is 26.5. The Bertz CT molecular complexity index is 881. The molecule has 0 spiro atoms. The highest BCUT2D eigenvalue weighted by Gasteiger charge is 2.33. The Morgan fingerprint density at radius 1 is 1.10 bits per heavy atom. The molecule has 2 aromatic rings. The first-order valence-corrected chi connectivity index (χ1v) is 9.23. The van der Waals surface area contributed by atoms with Gasteiger partial charge in [-0.15, -0.1) is 0 Å². The molecule has 0 bridgehead atoms. The fourth-order valence-electron chi connectivity index (χ4n) is 3.32. The molecule has 154 valence electrons. The number of amides is 2. The predicted octanol–water partition coefficient (Wildman–Crippen LogP) is 4.01. The summed E-state index contributed by atoms with van der Waals surface area (Å²) in [5.41, 5.74) is -0.186. The van der Waals surface area contributed by atoms with E-state index in [4.69, 9.17) is 0 Å². The number of rotatable bonds is 4. The minimum atomic E-state index is -4.53. The second-order valence-electron chi connectivity index (χ2n) is 7.01. The van der Waals surface area contributed by atoms with Gasteiger partial charge >= 0.3 is 6.18 Å². The van der Waals surface area contributed by atoms with E-state index in [9.17, 15) is 27.2 Å². The van der Waals surface area contributed by atoms with Crippen LogP contribution in [0.2, 0.25) is 0 Å². The number of piperidine rings is 1. The van der Waals surface area contributed by atoms with Gasteiger partial charge in [-0.25, -0.2) is 4.39 Å². The first-order chi connectivity index (χ1) is 13.7. The molecule has 2 aromatic carbocycles. The number of carbonyl (C=O) groups excluding carboxylic acids is 2. The van der Waals surface area contributed by atoms with Crippen molar-refractivity contribution in [3.05, 3.63) is 71.0 Å². The highest BCUT2D eigenvalue weighted by atomic mass is 19.4. The molecule has 3 rings (SSSR count). The van der Waals surface area contributed by atoms with E-state index in [-0.39, 0.29) is 30.4 Å². The summed E-state index contributed by atoms with van der Waals surface area (Å²) in [6.07, 6.45) is -3.36. The summed E-state index contributed by atoms with van der Waals surface area (Å²) in [6, 6.07) is 10.0. The van der Waals surface area contributed by atoms with Gasteiger partial charge in [-0.3, -0.25) is 9.59 Å². The van der Waals surface area contributed by atoms with E-state index >= 15 is 0 Å². The van der Waals surface area contributed by atoms with Crippen molar-refractivity contribution in [3.8, 4) is 0 Å². The van der Waals surface area contributed by atoms with Crippen LogP contribution in [-0.2, 0) is 17.5 Å². The van der Waals surface area contributed by atoms with Gasteiger partial charge in [0.05, 0.1) is 11.5 Å². The number of nitrogens with one attached hydrogen (secondary N) is 1. The van der Waals surface area contributed by atoms with E-state index in [0.29, 0.717) is 19.4 Å². The molecule has 0 radical (unpaired) electrons. The van der Waals surface area contributed by atoms with Crippen molar-refractivity contribution < 1.29 is 27.2 Å². The third kappa shape index (κ3) is 5.34. The lowest BCUT2D eigenvalue weighted by molar-refractivity contribution is -0.137. The Hall–Kier alpha value is -2.90. The average Bonchev–Trinajstić information content (AvgIpc) is 2.72. The number of halogens is 4. The number of benzene rings is 2. The number of hydrogen-bond donors (Lipinski definition) is 1. The lowest BCUT2D eigenvalue weighted by Gasteiger charge is -2.32. The van der Waals surface area contributed by atoms with Crippen molar-refractivity contribution in [1.29, 1.82) is 0 Å². The van der Waals surface area contributed by atoms with Crippen LogP contribution in [0.3, 0.4) is 0 Å². The normalized spacial score (nSPS) is 17.1. The summed E-state index contributed by atoms with van der Waals surface area (Å²) in [6.45, 7) is 0.762. The van der Waals surface area contributed by atoms with Crippen molar-refractivity contribution in [3.63, 3.8) is 0 Å². The first kappa shape index (κ1) is 20.8. The van der Waals surface area contributed by atoms with E-state index in [1.165, 1.54) is 29.2 Å². The Kier molecular flexibility index (Phi) is 6.20. The zero-order valence-electron chi connectivity index (χ0n) is 15.5. The third-order valence-corrected chi connectivity index (χ3v) is 4.90. The molecule has 1 saturated heterocycles. The van der Waals surface area contributed by atoms with Gasteiger partial charge in [-0.05, 0) is 48.7 Å². The molecule has 1 aliphatic rings. The molecule has 0 unspecified atom stereocenters. The monoisotopic (exact) mass is 408 g/mol. The Labute approximate surface area is 165 Å². The van der Waals surface area contributed by atoms with E-state index in [1.807, 2.05) is 0 Å². The minimum absolute atomic E-state index is 0.0489. The van der Waals surface area contributed by atoms with E-state index in [2.05, 4.69) is 5.32 Å². The number of likely N-dealkylation sites (tertiary alicyclic amines) is 1. The summed E-state index contributed by atoms with van der Waals surface area (Å²) in [5, 5.41) is 2.77. The van der Waals surface area contributed by atoms with Gasteiger partial charge in [0.1, 0.15) is 5.82 Å². The van der Waals surface area contributed by atoms with Crippen molar-refractivity contribution in [2.24, 2.45) is 5.92 Å². The zero-order chi connectivity index (χ0) is 21.0. The van der Waals surface area contributed by atoms with Gasteiger partial charge in [-0.2, -0.15) is 13.2 Å². The van der Waals surface area contributed by atoms with Gasteiger partial charge in [-0.1, -0.05) is 18.2 Å². The van der Waals surface area contributed by atoms with Gasteiger partial charge in [0.25, 0.3) is 5.91 Å². The Morgan fingerprint density at radius 3 is 2.52 bits per heavy atom. The minimum Gasteiger partial charge on any atom is -0.352 e. The number of carbonyl (C=O) groups is 2. The van der Waals surface area contributed by atoms with Crippen LogP contribution in [0.4, 0.5) is 17.6 Å². The molecule has 1 heterocycles. The largest absolute Gasteiger partial charge is 0.416 e. The molecule has 29 heavy (non-hydrogen) atoms. The van der Waals surface area contributed by atoms with Crippen LogP contribution >= 0.6 is 0 Å². The SMILES string of the molecule is O=C(NCc1ccc(F)cc1)[C@H]1CCCN(C(=O)c2cccc(C(F)(F)F)c2)C1. The molecular weight excluding hydrogens is 388 g/mol. The van der Waals surface area contributed by atoms with Crippen LogP contribution in [0.15, 0.2) is 48.5 Å². The fourth-order valence-corrected chi connectivity index (χ4v) is 3.32. The van der Waals surface area contributed by atoms with Crippen LogP contribution in [0, 0.1) is 11.7 Å². The maximum absolute atomic E-state index is 12.9. The van der Waals surface area contributed by atoms with Crippen molar-refractivity contribution in [2.45, 2.75) is 25.6 Å². The van der Waals surface area contributed by atoms with Crippen molar-refractivity contribution >= 4 is 11.8 Å². The Balaban J connectivity index is 1.61. The second-order valence-corrected chi connectivity index (χ2v) is 7.01. The predicted molar refractivity (Wildman–Crippen MR) is 98.3 cm³/mol. The maximum atomic E-state index is 12.9. The van der Waals surface area contributed by atoms with Gasteiger partial charge in [0, 0.05) is 25.2 Å². The molecule has 2 amide bonds. The molecule has 0 saturated carbocycles. The molecular formula is C21H20F4N2O2. The molecule has 0 aromatic heterocycles. The zero-order valence-corrected chi connectivity index (χ0v) is 15.5. The molecule has 1 aliphatic heterocycles. The summed E-state index contributed by atoms with van der Waals surface area (Å²) in [5.74, 6) is -1.57. The molecule has 0 aliphatic carbocycles. The summed E-state index contributed by atoms with van der Waals surface area (Å²) >= 11 is 0. The van der Waals surface area contributed by atoms with E-state index < -0.39 is 23.6 Å². The van der Waals surface area contributed by atoms with Crippen LogP contribution in [0.1, 0.15) is 34.3 Å². The van der Waals surface area contributed by atoms with Gasteiger partial charge in [0.15, 0.2) is 0 Å². The van der Waals surface area contributed by atoms with Crippen molar-refractivity contribution in [1.82, 2.24) is 10.2 Å². The molecule has 1 fully saturated rings. The second kappa shape index (κ2) is 8.63. The summed E-state index contributed by atoms with van der Waals surface area (Å²) < 4.78 is 51.6. The quantitative estimate of drug-likeness (QED) is 0.778. The molecule has 1 atom stereocenters. The van der Waals surface area contributed by atoms with E-state index in [0.717, 1.165) is 17.7 Å². The average molecular weight is 408 g/mol. The topological polar surface area (TPSA) is 49.4 Å². The highest BCUT2D eigenvalue weighted by molar-refractivity contribution is 5.95. The third-order valence-electron chi connectivity index (χ3n) is 4.90. The smallest absolute Gasteiger partial charge is 0.352 e. The Morgan fingerprint density at radius 2 is 1.83 bits per heavy atom. The van der Waals surface area contributed by atoms with E-state index in [1.54, 1.807) is 12.1 Å². The van der Waals surface area contributed by atoms with Gasteiger partial charge < -0.3 is 10.2 Å². The molecule has 8 heteroatoms. The van der Waals surface area contributed by atoms with Crippen LogP contribution in [0.5, 0.6) is 0 Å². The van der Waals surface area contributed by atoms with Crippen molar-refractivity contribution in [2.75, 3.05) is 13.1 Å². The highest BCUT2D eigenvalue weighted by Crippen LogP contribution is 2.30. The summed E-state index contributed by atoms with van der Waals surface area (Å²) in [7, 11) is 0. The van der Waals surface area contributed by atoms with Crippen LogP contribution in [-0.4, -0.2) is 29.8 Å². The maximum Gasteiger partial charge on any atom is 0.416 e.